The van der Waals surface area contributed by atoms with Crippen molar-refractivity contribution in [2.75, 3.05) is 5.73 Å². The van der Waals surface area contributed by atoms with Crippen molar-refractivity contribution in [3.63, 3.8) is 0 Å². The van der Waals surface area contributed by atoms with E-state index in [4.69, 9.17) is 10.7 Å². The van der Waals surface area contributed by atoms with E-state index >= 15 is 0 Å². The van der Waals surface area contributed by atoms with Gasteiger partial charge in [0, 0.05) is 17.5 Å². The summed E-state index contributed by atoms with van der Waals surface area (Å²) in [4.78, 5) is 4.73. The van der Waals surface area contributed by atoms with Crippen molar-refractivity contribution >= 4 is 11.3 Å². The first-order valence-corrected chi connectivity index (χ1v) is 7.59. The molecule has 1 aromatic carbocycles. The highest BCUT2D eigenvalue weighted by atomic mass is 15.0. The minimum absolute atomic E-state index is 0.727. The fraction of sp³-hybridized carbons (Fsp3) is 0.278. The lowest BCUT2D eigenvalue weighted by Crippen LogP contribution is -2.02. The maximum absolute atomic E-state index is 6.04. The standard InChI is InChI=1S/C18H19N3/c1-12-6-9-16(19)18-20-17(11-21(12)18)15-8-7-13-4-2-3-5-14(13)10-15/h6-11H,2-5,19H2,1H3. The fourth-order valence-corrected chi connectivity index (χ4v) is 3.25. The second-order valence-electron chi connectivity index (χ2n) is 5.94. The second-order valence-corrected chi connectivity index (χ2v) is 5.94. The fourth-order valence-electron chi connectivity index (χ4n) is 3.25. The number of nitrogens with zero attached hydrogens (tertiary/aromatic N) is 2. The van der Waals surface area contributed by atoms with Crippen LogP contribution in [0.1, 0.15) is 29.7 Å². The van der Waals surface area contributed by atoms with Gasteiger partial charge in [-0.05, 0) is 61.9 Å². The van der Waals surface area contributed by atoms with E-state index in [1.54, 1.807) is 0 Å². The summed E-state index contributed by atoms with van der Waals surface area (Å²) in [5.74, 6) is 0. The average Bonchev–Trinajstić information content (AvgIpc) is 2.97. The van der Waals surface area contributed by atoms with Crippen LogP contribution >= 0.6 is 0 Å². The molecule has 4 rings (SSSR count). The molecule has 106 valence electrons. The molecule has 2 aromatic heterocycles. The topological polar surface area (TPSA) is 43.3 Å². The third-order valence-corrected chi connectivity index (χ3v) is 4.49. The third kappa shape index (κ3) is 2.00. The van der Waals surface area contributed by atoms with Crippen LogP contribution in [0.5, 0.6) is 0 Å². The number of aromatic nitrogens is 2. The number of nitrogen functional groups attached to an aromatic ring is 1. The van der Waals surface area contributed by atoms with E-state index in [0.717, 1.165) is 22.7 Å². The van der Waals surface area contributed by atoms with Gasteiger partial charge in [0.05, 0.1) is 11.4 Å². The van der Waals surface area contributed by atoms with Crippen molar-refractivity contribution in [2.45, 2.75) is 32.6 Å². The average molecular weight is 277 g/mol. The van der Waals surface area contributed by atoms with Crippen molar-refractivity contribution in [3.8, 4) is 11.3 Å². The molecule has 3 nitrogen and oxygen atoms in total. The monoisotopic (exact) mass is 277 g/mol. The Hall–Kier alpha value is -2.29. The molecule has 0 amide bonds. The molecule has 0 spiro atoms. The van der Waals surface area contributed by atoms with Crippen LogP contribution in [0.3, 0.4) is 0 Å². The Morgan fingerprint density at radius 1 is 1.05 bits per heavy atom. The van der Waals surface area contributed by atoms with Gasteiger partial charge >= 0.3 is 0 Å². The number of anilines is 1. The highest BCUT2D eigenvalue weighted by Gasteiger charge is 2.13. The quantitative estimate of drug-likeness (QED) is 0.735. The van der Waals surface area contributed by atoms with Crippen LogP contribution in [0.2, 0.25) is 0 Å². The Kier molecular flexibility index (Phi) is 2.74. The number of imidazole rings is 1. The first-order valence-electron chi connectivity index (χ1n) is 7.59. The summed E-state index contributed by atoms with van der Waals surface area (Å²) >= 11 is 0. The minimum Gasteiger partial charge on any atom is -0.396 e. The van der Waals surface area contributed by atoms with Crippen LogP contribution in [-0.2, 0) is 12.8 Å². The molecule has 2 N–H and O–H groups in total. The zero-order chi connectivity index (χ0) is 14.4. The molecule has 0 atom stereocenters. The largest absolute Gasteiger partial charge is 0.396 e. The van der Waals surface area contributed by atoms with Gasteiger partial charge in [0.1, 0.15) is 0 Å². The van der Waals surface area contributed by atoms with Gasteiger partial charge in [0.25, 0.3) is 0 Å². The number of rotatable bonds is 1. The molecule has 0 fully saturated rings. The zero-order valence-corrected chi connectivity index (χ0v) is 12.3. The molecule has 0 unspecified atom stereocenters. The number of hydrogen-bond donors (Lipinski definition) is 1. The van der Waals surface area contributed by atoms with Gasteiger partial charge in [-0.1, -0.05) is 12.1 Å². The highest BCUT2D eigenvalue weighted by Crippen LogP contribution is 2.28. The van der Waals surface area contributed by atoms with E-state index in [2.05, 4.69) is 35.7 Å². The zero-order valence-electron chi connectivity index (χ0n) is 12.3. The van der Waals surface area contributed by atoms with Crippen LogP contribution in [0.4, 0.5) is 5.69 Å². The molecule has 0 radical (unpaired) electrons. The summed E-state index contributed by atoms with van der Waals surface area (Å²) in [7, 11) is 0. The predicted octanol–water partition coefficient (Wildman–Crippen LogP) is 3.77. The van der Waals surface area contributed by atoms with E-state index in [-0.39, 0.29) is 0 Å². The summed E-state index contributed by atoms with van der Waals surface area (Å²) in [5, 5.41) is 0. The molecule has 0 bridgehead atoms. The number of nitrogens with two attached hydrogens (primary N) is 1. The molecule has 1 aliphatic carbocycles. The van der Waals surface area contributed by atoms with Gasteiger partial charge in [-0.25, -0.2) is 4.98 Å². The van der Waals surface area contributed by atoms with Gasteiger partial charge in [0.2, 0.25) is 0 Å². The smallest absolute Gasteiger partial charge is 0.160 e. The Morgan fingerprint density at radius 2 is 1.86 bits per heavy atom. The van der Waals surface area contributed by atoms with E-state index in [1.807, 2.05) is 12.1 Å². The lowest BCUT2D eigenvalue weighted by Gasteiger charge is -2.15. The molecule has 0 saturated carbocycles. The molecule has 0 saturated heterocycles. The van der Waals surface area contributed by atoms with Crippen molar-refractivity contribution in [3.05, 3.63) is 53.3 Å². The predicted molar refractivity (Wildman–Crippen MR) is 86.4 cm³/mol. The lowest BCUT2D eigenvalue weighted by molar-refractivity contribution is 0.686. The van der Waals surface area contributed by atoms with E-state index in [1.165, 1.54) is 42.4 Å². The normalized spacial score (nSPS) is 14.3. The molecule has 0 aliphatic heterocycles. The van der Waals surface area contributed by atoms with Crippen LogP contribution < -0.4 is 5.73 Å². The van der Waals surface area contributed by atoms with Gasteiger partial charge < -0.3 is 10.1 Å². The second kappa shape index (κ2) is 4.62. The van der Waals surface area contributed by atoms with Crippen LogP contribution in [0, 0.1) is 6.92 Å². The number of aryl methyl sites for hydroxylation is 3. The lowest BCUT2D eigenvalue weighted by atomic mass is 9.90. The van der Waals surface area contributed by atoms with Crippen LogP contribution in [0.25, 0.3) is 16.9 Å². The van der Waals surface area contributed by atoms with Crippen molar-refractivity contribution in [2.24, 2.45) is 0 Å². The first-order chi connectivity index (χ1) is 10.2. The minimum atomic E-state index is 0.727. The Labute approximate surface area is 124 Å². The number of fused-ring (bicyclic) bond motifs is 2. The summed E-state index contributed by atoms with van der Waals surface area (Å²) in [6.07, 6.45) is 7.11. The molecule has 3 aromatic rings. The van der Waals surface area contributed by atoms with E-state index in [0.29, 0.717) is 0 Å². The molecule has 3 heteroatoms. The summed E-state index contributed by atoms with van der Waals surface area (Å²) < 4.78 is 2.07. The molecule has 1 aliphatic rings. The van der Waals surface area contributed by atoms with E-state index < -0.39 is 0 Å². The summed E-state index contributed by atoms with van der Waals surface area (Å²) in [6, 6.07) is 10.7. The van der Waals surface area contributed by atoms with Gasteiger partial charge in [-0.3, -0.25) is 0 Å². The van der Waals surface area contributed by atoms with Gasteiger partial charge in [-0.15, -0.1) is 0 Å². The molecular formula is C18H19N3. The van der Waals surface area contributed by atoms with Gasteiger partial charge in [-0.2, -0.15) is 0 Å². The Balaban J connectivity index is 1.86. The van der Waals surface area contributed by atoms with Crippen LogP contribution in [-0.4, -0.2) is 9.38 Å². The molecule has 21 heavy (non-hydrogen) atoms. The van der Waals surface area contributed by atoms with Crippen molar-refractivity contribution < 1.29 is 0 Å². The number of benzene rings is 1. The Bertz CT molecular complexity index is 791. The Morgan fingerprint density at radius 3 is 2.67 bits per heavy atom. The molecule has 2 heterocycles. The first kappa shape index (κ1) is 12.5. The van der Waals surface area contributed by atoms with E-state index in [9.17, 15) is 0 Å². The van der Waals surface area contributed by atoms with Crippen molar-refractivity contribution in [1.82, 2.24) is 9.38 Å². The SMILES string of the molecule is Cc1ccc(N)c2nc(-c3ccc4c(c3)CCCC4)cn12. The van der Waals surface area contributed by atoms with Crippen LogP contribution in [0.15, 0.2) is 36.5 Å². The van der Waals surface area contributed by atoms with Crippen molar-refractivity contribution in [1.29, 1.82) is 0 Å². The number of hydrogen-bond acceptors (Lipinski definition) is 2. The summed E-state index contributed by atoms with van der Waals surface area (Å²) in [6.45, 7) is 2.07. The highest BCUT2D eigenvalue weighted by molar-refractivity contribution is 5.71. The molecular weight excluding hydrogens is 258 g/mol. The van der Waals surface area contributed by atoms with Gasteiger partial charge in [0.15, 0.2) is 5.65 Å². The third-order valence-electron chi connectivity index (χ3n) is 4.49. The maximum atomic E-state index is 6.04. The summed E-state index contributed by atoms with van der Waals surface area (Å²) in [5.41, 5.74) is 14.0. The maximum Gasteiger partial charge on any atom is 0.160 e. The number of pyridine rings is 1.